The van der Waals surface area contributed by atoms with Gasteiger partial charge in [0.25, 0.3) is 0 Å². The Morgan fingerprint density at radius 1 is 1.26 bits per heavy atom. The van der Waals surface area contributed by atoms with Gasteiger partial charge < -0.3 is 14.8 Å². The van der Waals surface area contributed by atoms with Crippen molar-refractivity contribution in [3.8, 4) is 0 Å². The lowest BCUT2D eigenvalue weighted by molar-refractivity contribution is 0.325. The SMILES string of the molecule is CNC(c1ccn(CCCN2CCCC2)c1)C1CC1. The van der Waals surface area contributed by atoms with Crippen LogP contribution in [0.5, 0.6) is 0 Å². The van der Waals surface area contributed by atoms with Crippen LogP contribution in [-0.2, 0) is 6.54 Å². The number of hydrogen-bond donors (Lipinski definition) is 1. The van der Waals surface area contributed by atoms with Crippen molar-refractivity contribution >= 4 is 0 Å². The van der Waals surface area contributed by atoms with Gasteiger partial charge in [0.1, 0.15) is 0 Å². The Balaban J connectivity index is 1.47. The molecule has 1 aliphatic heterocycles. The molecule has 0 bridgehead atoms. The lowest BCUT2D eigenvalue weighted by Gasteiger charge is -2.15. The lowest BCUT2D eigenvalue weighted by Crippen LogP contribution is -2.21. The van der Waals surface area contributed by atoms with Crippen LogP contribution >= 0.6 is 0 Å². The topological polar surface area (TPSA) is 20.2 Å². The first-order chi connectivity index (χ1) is 9.36. The Morgan fingerprint density at radius 3 is 2.74 bits per heavy atom. The van der Waals surface area contributed by atoms with Gasteiger partial charge in [-0.25, -0.2) is 0 Å². The highest BCUT2D eigenvalue weighted by atomic mass is 15.1. The number of aromatic nitrogens is 1. The first-order valence-corrected chi connectivity index (χ1v) is 7.92. The molecule has 2 aliphatic rings. The number of hydrogen-bond acceptors (Lipinski definition) is 2. The Kier molecular flexibility index (Phi) is 4.24. The zero-order chi connectivity index (χ0) is 13.1. The van der Waals surface area contributed by atoms with E-state index in [0.29, 0.717) is 6.04 Å². The third kappa shape index (κ3) is 3.40. The third-order valence-electron chi connectivity index (χ3n) is 4.63. The molecular formula is C16H27N3. The van der Waals surface area contributed by atoms with Gasteiger partial charge >= 0.3 is 0 Å². The minimum Gasteiger partial charge on any atom is -0.354 e. The lowest BCUT2D eigenvalue weighted by atomic mass is 10.1. The zero-order valence-electron chi connectivity index (χ0n) is 12.1. The van der Waals surface area contributed by atoms with Crippen LogP contribution in [0.2, 0.25) is 0 Å². The molecule has 1 aliphatic carbocycles. The Labute approximate surface area is 117 Å². The molecule has 106 valence electrons. The normalized spacial score (nSPS) is 21.9. The highest BCUT2D eigenvalue weighted by Gasteiger charge is 2.31. The molecule has 0 radical (unpaired) electrons. The van der Waals surface area contributed by atoms with E-state index in [9.17, 15) is 0 Å². The summed E-state index contributed by atoms with van der Waals surface area (Å²) in [5.41, 5.74) is 1.48. The average molecular weight is 261 g/mol. The van der Waals surface area contributed by atoms with Crippen LogP contribution in [0.3, 0.4) is 0 Å². The minimum atomic E-state index is 0.583. The maximum atomic E-state index is 3.47. The maximum Gasteiger partial charge on any atom is 0.0361 e. The van der Waals surface area contributed by atoms with Crippen molar-refractivity contribution in [2.45, 2.75) is 44.7 Å². The van der Waals surface area contributed by atoms with Crippen LogP contribution in [0.4, 0.5) is 0 Å². The fourth-order valence-corrected chi connectivity index (χ4v) is 3.37. The second-order valence-corrected chi connectivity index (χ2v) is 6.19. The number of likely N-dealkylation sites (tertiary alicyclic amines) is 1. The fraction of sp³-hybridized carbons (Fsp3) is 0.750. The average Bonchev–Trinajstić information content (AvgIpc) is 2.92. The Morgan fingerprint density at radius 2 is 2.05 bits per heavy atom. The molecule has 3 rings (SSSR count). The van der Waals surface area contributed by atoms with E-state index >= 15 is 0 Å². The van der Waals surface area contributed by atoms with Crippen molar-refractivity contribution in [3.05, 3.63) is 24.0 Å². The van der Waals surface area contributed by atoms with E-state index in [-0.39, 0.29) is 0 Å². The van der Waals surface area contributed by atoms with Crippen molar-refractivity contribution in [3.63, 3.8) is 0 Å². The van der Waals surface area contributed by atoms with E-state index in [4.69, 9.17) is 0 Å². The predicted octanol–water partition coefficient (Wildman–Crippen LogP) is 2.64. The van der Waals surface area contributed by atoms with Crippen LogP contribution in [0.1, 0.15) is 43.7 Å². The summed E-state index contributed by atoms with van der Waals surface area (Å²) in [5, 5.41) is 3.47. The summed E-state index contributed by atoms with van der Waals surface area (Å²) in [6.07, 6.45) is 11.5. The smallest absolute Gasteiger partial charge is 0.0361 e. The highest BCUT2D eigenvalue weighted by Crippen LogP contribution is 2.40. The third-order valence-corrected chi connectivity index (χ3v) is 4.63. The summed E-state index contributed by atoms with van der Waals surface area (Å²) in [6, 6.07) is 2.88. The van der Waals surface area contributed by atoms with Crippen LogP contribution in [0.15, 0.2) is 18.5 Å². The van der Waals surface area contributed by atoms with Gasteiger partial charge in [-0.3, -0.25) is 0 Å². The van der Waals surface area contributed by atoms with E-state index in [1.165, 1.54) is 57.3 Å². The second kappa shape index (κ2) is 6.10. The Bertz CT molecular complexity index is 388. The number of rotatable bonds is 7. The molecule has 1 N–H and O–H groups in total. The molecule has 0 spiro atoms. The van der Waals surface area contributed by atoms with E-state index in [0.717, 1.165) is 12.5 Å². The van der Waals surface area contributed by atoms with Gasteiger partial charge in [-0.1, -0.05) is 0 Å². The monoisotopic (exact) mass is 261 g/mol. The molecule has 1 aromatic rings. The van der Waals surface area contributed by atoms with Crippen LogP contribution < -0.4 is 5.32 Å². The van der Waals surface area contributed by atoms with Gasteiger partial charge in [-0.2, -0.15) is 0 Å². The molecule has 0 aromatic carbocycles. The molecule has 0 amide bonds. The van der Waals surface area contributed by atoms with Crippen molar-refractivity contribution in [1.82, 2.24) is 14.8 Å². The summed E-state index contributed by atoms with van der Waals surface area (Å²) in [4.78, 5) is 2.60. The molecule has 1 atom stereocenters. The number of aryl methyl sites for hydroxylation is 1. The predicted molar refractivity (Wildman–Crippen MR) is 79.2 cm³/mol. The van der Waals surface area contributed by atoms with Crippen LogP contribution in [0, 0.1) is 5.92 Å². The summed E-state index contributed by atoms with van der Waals surface area (Å²) >= 11 is 0. The van der Waals surface area contributed by atoms with E-state index < -0.39 is 0 Å². The van der Waals surface area contributed by atoms with Gasteiger partial charge in [0.15, 0.2) is 0 Å². The molecule has 2 heterocycles. The number of nitrogens with one attached hydrogen (secondary N) is 1. The van der Waals surface area contributed by atoms with Crippen molar-refractivity contribution < 1.29 is 0 Å². The summed E-state index contributed by atoms with van der Waals surface area (Å²) in [5.74, 6) is 0.880. The van der Waals surface area contributed by atoms with E-state index in [1.54, 1.807) is 0 Å². The van der Waals surface area contributed by atoms with Crippen LogP contribution in [0.25, 0.3) is 0 Å². The first kappa shape index (κ1) is 13.2. The molecule has 1 saturated carbocycles. The molecule has 1 saturated heterocycles. The van der Waals surface area contributed by atoms with Gasteiger partial charge in [-0.05, 0) is 76.3 Å². The molecule has 3 nitrogen and oxygen atoms in total. The molecule has 2 fully saturated rings. The summed E-state index contributed by atoms with van der Waals surface area (Å²) in [7, 11) is 2.09. The van der Waals surface area contributed by atoms with Gasteiger partial charge in [0, 0.05) is 25.0 Å². The second-order valence-electron chi connectivity index (χ2n) is 6.19. The van der Waals surface area contributed by atoms with E-state index in [2.05, 4.69) is 40.3 Å². The van der Waals surface area contributed by atoms with Gasteiger partial charge in [0.2, 0.25) is 0 Å². The molecular weight excluding hydrogens is 234 g/mol. The first-order valence-electron chi connectivity index (χ1n) is 7.92. The maximum absolute atomic E-state index is 3.47. The van der Waals surface area contributed by atoms with Crippen molar-refractivity contribution in [1.29, 1.82) is 0 Å². The van der Waals surface area contributed by atoms with Gasteiger partial charge in [-0.15, -0.1) is 0 Å². The zero-order valence-corrected chi connectivity index (χ0v) is 12.1. The number of nitrogens with zero attached hydrogens (tertiary/aromatic N) is 2. The molecule has 1 aromatic heterocycles. The summed E-state index contributed by atoms with van der Waals surface area (Å²) < 4.78 is 2.37. The minimum absolute atomic E-state index is 0.583. The Hall–Kier alpha value is -0.800. The van der Waals surface area contributed by atoms with Gasteiger partial charge in [0.05, 0.1) is 0 Å². The fourth-order valence-electron chi connectivity index (χ4n) is 3.37. The molecule has 3 heteroatoms. The quantitative estimate of drug-likeness (QED) is 0.814. The highest BCUT2D eigenvalue weighted by molar-refractivity contribution is 5.18. The standard InChI is InChI=1S/C16H27N3/c1-17-16(14-5-6-14)15-7-12-19(13-15)11-4-10-18-8-2-3-9-18/h7,12-14,16-17H,2-6,8-11H2,1H3. The molecule has 19 heavy (non-hydrogen) atoms. The van der Waals surface area contributed by atoms with Crippen molar-refractivity contribution in [2.24, 2.45) is 5.92 Å². The summed E-state index contributed by atoms with van der Waals surface area (Å²) in [6.45, 7) is 5.07. The largest absolute Gasteiger partial charge is 0.354 e. The molecule has 1 unspecified atom stereocenters. The van der Waals surface area contributed by atoms with Crippen LogP contribution in [-0.4, -0.2) is 36.1 Å². The van der Waals surface area contributed by atoms with Crippen molar-refractivity contribution in [2.75, 3.05) is 26.7 Å². The van der Waals surface area contributed by atoms with E-state index in [1.807, 2.05) is 0 Å².